The molecule has 20 heavy (non-hydrogen) atoms. The maximum atomic E-state index is 3.78. The van der Waals surface area contributed by atoms with Gasteiger partial charge in [-0.25, -0.2) is 0 Å². The van der Waals surface area contributed by atoms with Crippen LogP contribution < -0.4 is 10.6 Å². The minimum atomic E-state index is 0.152. The van der Waals surface area contributed by atoms with E-state index in [9.17, 15) is 0 Å². The van der Waals surface area contributed by atoms with Crippen molar-refractivity contribution in [2.24, 2.45) is 0 Å². The molecule has 0 amide bonds. The van der Waals surface area contributed by atoms with E-state index in [0.717, 1.165) is 17.6 Å². The van der Waals surface area contributed by atoms with Crippen LogP contribution in [0.15, 0.2) is 28.7 Å². The summed E-state index contributed by atoms with van der Waals surface area (Å²) in [6.07, 6.45) is 2.42. The van der Waals surface area contributed by atoms with Crippen molar-refractivity contribution in [3.8, 4) is 0 Å². The van der Waals surface area contributed by atoms with Gasteiger partial charge in [0.05, 0.1) is 0 Å². The minimum absolute atomic E-state index is 0.152. The van der Waals surface area contributed by atoms with Crippen molar-refractivity contribution >= 4 is 15.9 Å². The first-order valence-corrected chi connectivity index (χ1v) is 8.32. The molecule has 112 valence electrons. The Morgan fingerprint density at radius 1 is 1.40 bits per heavy atom. The summed E-state index contributed by atoms with van der Waals surface area (Å²) in [5, 5.41) is 7.36. The van der Waals surface area contributed by atoms with Gasteiger partial charge in [0.15, 0.2) is 0 Å². The Morgan fingerprint density at radius 3 is 2.80 bits per heavy atom. The molecule has 1 aromatic rings. The molecule has 0 radical (unpaired) electrons. The Labute approximate surface area is 131 Å². The van der Waals surface area contributed by atoms with Crippen molar-refractivity contribution in [2.75, 3.05) is 13.1 Å². The van der Waals surface area contributed by atoms with E-state index in [1.165, 1.54) is 18.4 Å². The molecule has 2 N–H and O–H groups in total. The van der Waals surface area contributed by atoms with Crippen LogP contribution in [0.2, 0.25) is 0 Å². The lowest BCUT2D eigenvalue weighted by Gasteiger charge is -2.38. The number of piperidine rings is 1. The minimum Gasteiger partial charge on any atom is -0.313 e. The van der Waals surface area contributed by atoms with Crippen molar-refractivity contribution in [2.45, 2.75) is 57.5 Å². The maximum Gasteiger partial charge on any atom is 0.0178 e. The number of nitrogens with one attached hydrogen (secondary N) is 2. The zero-order valence-corrected chi connectivity index (χ0v) is 14.7. The Balaban J connectivity index is 1.95. The highest BCUT2D eigenvalue weighted by Crippen LogP contribution is 2.26. The zero-order chi connectivity index (χ0) is 14.8. The molecule has 1 fully saturated rings. The third-order valence-electron chi connectivity index (χ3n) is 4.29. The zero-order valence-electron chi connectivity index (χ0n) is 13.1. The second kappa shape index (κ2) is 6.17. The van der Waals surface area contributed by atoms with Gasteiger partial charge >= 0.3 is 0 Å². The Bertz CT molecular complexity index is 454. The summed E-state index contributed by atoms with van der Waals surface area (Å²) in [6, 6.07) is 9.28. The Morgan fingerprint density at radius 2 is 2.15 bits per heavy atom. The van der Waals surface area contributed by atoms with Gasteiger partial charge in [-0.3, -0.25) is 0 Å². The molecule has 1 saturated heterocycles. The number of hydrogen-bond acceptors (Lipinski definition) is 2. The third-order valence-corrected chi connectivity index (χ3v) is 4.79. The van der Waals surface area contributed by atoms with E-state index in [-0.39, 0.29) is 11.0 Å². The van der Waals surface area contributed by atoms with Crippen molar-refractivity contribution in [3.05, 3.63) is 34.3 Å². The molecule has 1 aliphatic heterocycles. The second-order valence-corrected chi connectivity index (χ2v) is 8.19. The van der Waals surface area contributed by atoms with E-state index in [0.29, 0.717) is 6.04 Å². The maximum absolute atomic E-state index is 3.78. The molecule has 1 heterocycles. The fourth-order valence-electron chi connectivity index (χ4n) is 2.96. The molecule has 2 nitrogen and oxygen atoms in total. The smallest absolute Gasteiger partial charge is 0.0178 e. The average molecular weight is 339 g/mol. The van der Waals surface area contributed by atoms with Gasteiger partial charge in [-0.05, 0) is 50.9 Å². The molecule has 0 saturated carbocycles. The topological polar surface area (TPSA) is 24.1 Å². The molecule has 1 aliphatic rings. The van der Waals surface area contributed by atoms with E-state index < -0.39 is 0 Å². The molecule has 3 heteroatoms. The van der Waals surface area contributed by atoms with Gasteiger partial charge in [0.25, 0.3) is 0 Å². The summed E-state index contributed by atoms with van der Waals surface area (Å²) < 4.78 is 1.16. The molecule has 2 rings (SSSR count). The van der Waals surface area contributed by atoms with Crippen molar-refractivity contribution in [1.82, 2.24) is 10.6 Å². The summed E-state index contributed by atoms with van der Waals surface area (Å²) in [7, 11) is 0. The van der Waals surface area contributed by atoms with Gasteiger partial charge in [0.2, 0.25) is 0 Å². The Hall–Kier alpha value is -0.380. The molecule has 0 bridgehead atoms. The van der Waals surface area contributed by atoms with Crippen molar-refractivity contribution in [1.29, 1.82) is 0 Å². The van der Waals surface area contributed by atoms with Crippen molar-refractivity contribution in [3.63, 3.8) is 0 Å². The van der Waals surface area contributed by atoms with Gasteiger partial charge in [-0.1, -0.05) is 41.9 Å². The summed E-state index contributed by atoms with van der Waals surface area (Å²) in [6.45, 7) is 11.3. The van der Waals surface area contributed by atoms with E-state index in [4.69, 9.17) is 0 Å². The second-order valence-electron chi connectivity index (χ2n) is 7.28. The monoisotopic (exact) mass is 338 g/mol. The number of hydrogen-bond donors (Lipinski definition) is 2. The lowest BCUT2D eigenvalue weighted by Crippen LogP contribution is -2.53. The molecule has 0 spiro atoms. The third kappa shape index (κ3) is 4.31. The summed E-state index contributed by atoms with van der Waals surface area (Å²) in [4.78, 5) is 0. The Kier molecular flexibility index (Phi) is 4.93. The number of halogens is 1. The molecule has 1 aromatic carbocycles. The van der Waals surface area contributed by atoms with Crippen LogP contribution in [-0.2, 0) is 5.41 Å². The van der Waals surface area contributed by atoms with Crippen LogP contribution >= 0.6 is 15.9 Å². The lowest BCUT2D eigenvalue weighted by atomic mass is 9.83. The highest BCUT2D eigenvalue weighted by Gasteiger charge is 2.29. The van der Waals surface area contributed by atoms with Gasteiger partial charge in [-0.15, -0.1) is 0 Å². The standard InChI is InChI=1S/C17H27BrN2/c1-16(2,13-6-5-7-14(18)10-13)12-19-15-8-9-20-17(3,4)11-15/h5-7,10,15,19-20H,8-9,11-12H2,1-4H3. The van der Waals surface area contributed by atoms with Gasteiger partial charge in [-0.2, -0.15) is 0 Å². The van der Waals surface area contributed by atoms with Gasteiger partial charge < -0.3 is 10.6 Å². The van der Waals surface area contributed by atoms with Crippen LogP contribution in [0.25, 0.3) is 0 Å². The van der Waals surface area contributed by atoms with Crippen LogP contribution in [0.3, 0.4) is 0 Å². The predicted octanol–water partition coefficient (Wildman–Crippen LogP) is 3.85. The molecule has 1 atom stereocenters. The summed E-state index contributed by atoms with van der Waals surface area (Å²) >= 11 is 3.57. The first-order valence-electron chi connectivity index (χ1n) is 7.53. The highest BCUT2D eigenvalue weighted by atomic mass is 79.9. The number of benzene rings is 1. The molecular formula is C17H27BrN2. The predicted molar refractivity (Wildman–Crippen MR) is 90.3 cm³/mol. The molecule has 0 aliphatic carbocycles. The molecule has 0 aromatic heterocycles. The summed E-state index contributed by atoms with van der Waals surface area (Å²) in [5.74, 6) is 0. The van der Waals surface area contributed by atoms with E-state index in [2.05, 4.69) is 78.5 Å². The lowest BCUT2D eigenvalue weighted by molar-refractivity contribution is 0.240. The SMILES string of the molecule is CC1(C)CC(NCC(C)(C)c2cccc(Br)c2)CCN1. The van der Waals surface area contributed by atoms with E-state index in [1.54, 1.807) is 0 Å². The van der Waals surface area contributed by atoms with Crippen LogP contribution in [0.5, 0.6) is 0 Å². The van der Waals surface area contributed by atoms with Gasteiger partial charge in [0.1, 0.15) is 0 Å². The number of rotatable bonds is 4. The fraction of sp³-hybridized carbons (Fsp3) is 0.647. The average Bonchev–Trinajstić information content (AvgIpc) is 2.35. The van der Waals surface area contributed by atoms with E-state index >= 15 is 0 Å². The molecular weight excluding hydrogens is 312 g/mol. The van der Waals surface area contributed by atoms with Crippen LogP contribution in [-0.4, -0.2) is 24.7 Å². The van der Waals surface area contributed by atoms with Crippen LogP contribution in [0.4, 0.5) is 0 Å². The van der Waals surface area contributed by atoms with Crippen LogP contribution in [0.1, 0.15) is 46.1 Å². The summed E-state index contributed by atoms with van der Waals surface area (Å²) in [5.41, 5.74) is 1.79. The quantitative estimate of drug-likeness (QED) is 0.871. The van der Waals surface area contributed by atoms with Gasteiger partial charge in [0, 0.05) is 28.0 Å². The molecule has 1 unspecified atom stereocenters. The largest absolute Gasteiger partial charge is 0.313 e. The highest BCUT2D eigenvalue weighted by molar-refractivity contribution is 9.10. The van der Waals surface area contributed by atoms with Crippen molar-refractivity contribution < 1.29 is 0 Å². The van der Waals surface area contributed by atoms with Crippen LogP contribution in [0, 0.1) is 0 Å². The first kappa shape index (κ1) is 16.0. The van der Waals surface area contributed by atoms with E-state index in [1.807, 2.05) is 0 Å². The fourth-order valence-corrected chi connectivity index (χ4v) is 3.36. The first-order chi connectivity index (χ1) is 9.28. The normalized spacial score (nSPS) is 22.8.